The molecule has 1 heterocycles. The highest BCUT2D eigenvalue weighted by atomic mass is 35.5. The molecule has 1 unspecified atom stereocenters. The normalized spacial score (nSPS) is 15.5. The average Bonchev–Trinajstić information content (AvgIpc) is 2.63. The lowest BCUT2D eigenvalue weighted by atomic mass is 10.0. The minimum absolute atomic E-state index is 0.278. The number of hydrogen-bond donors (Lipinski definition) is 1. The molecule has 7 heteroatoms. The van der Waals surface area contributed by atoms with E-state index in [1.807, 2.05) is 12.1 Å². The first-order valence-corrected chi connectivity index (χ1v) is 8.38. The zero-order valence-electron chi connectivity index (χ0n) is 14.1. The molecular weight excluding hydrogens is 356 g/mol. The number of rotatable bonds is 6. The first-order valence-electron chi connectivity index (χ1n) is 8.00. The lowest BCUT2D eigenvalue weighted by molar-refractivity contribution is -0.128. The Morgan fingerprint density at radius 3 is 2.81 bits per heavy atom. The monoisotopic (exact) mass is 372 g/mol. The Morgan fingerprint density at radius 1 is 1.19 bits per heavy atom. The molecule has 1 N–H and O–H groups in total. The van der Waals surface area contributed by atoms with Gasteiger partial charge in [-0.15, -0.1) is 0 Å². The number of hydrogen-bond acceptors (Lipinski definition) is 4. The number of anilines is 1. The van der Waals surface area contributed by atoms with Crippen LogP contribution in [0.25, 0.3) is 6.08 Å². The van der Waals surface area contributed by atoms with Gasteiger partial charge in [-0.2, -0.15) is 0 Å². The highest BCUT2D eigenvalue weighted by Crippen LogP contribution is 2.33. The number of amides is 2. The van der Waals surface area contributed by atoms with E-state index in [9.17, 15) is 9.59 Å². The Bertz CT molecular complexity index is 958. The smallest absolute Gasteiger partial charge is 0.262 e. The second-order valence-electron chi connectivity index (χ2n) is 5.60. The van der Waals surface area contributed by atoms with Gasteiger partial charge < -0.3 is 14.8 Å². The van der Waals surface area contributed by atoms with Crippen molar-refractivity contribution in [2.24, 2.45) is 10.9 Å². The fourth-order valence-electron chi connectivity index (χ4n) is 2.55. The maximum atomic E-state index is 12.6. The van der Waals surface area contributed by atoms with Gasteiger partial charge in [-0.3, -0.25) is 9.59 Å². The fraction of sp³-hybridized carbons (Fsp3) is 0.211. The Hall–Kier alpha value is -2.70. The molecule has 0 bridgehead atoms. The second-order valence-corrected chi connectivity index (χ2v) is 6.01. The maximum absolute atomic E-state index is 12.6. The summed E-state index contributed by atoms with van der Waals surface area (Å²) in [7, 11) is 1.56. The largest absolute Gasteiger partial charge is 0.487 e. The molecule has 2 amide bonds. The number of carbonyl (C=O) groups excluding carboxylic acids is 2. The third kappa shape index (κ3) is 3.92. The van der Waals surface area contributed by atoms with Crippen LogP contribution in [-0.2, 0) is 14.3 Å². The first-order chi connectivity index (χ1) is 12.6. The van der Waals surface area contributed by atoms with Gasteiger partial charge in [-0.25, -0.2) is 4.99 Å². The molecule has 0 saturated heterocycles. The molecule has 0 aliphatic carbocycles. The standard InChI is InChI=1S/C19H17ClN2O4/c1-25-9-10-26-17-14(20)6-4-8-16(17)22-19(24)13-11-12-5-2-3-7-15(12)21-18(13)23/h2-8,11,13H,9-10H2,1H3,(H,22,24). The van der Waals surface area contributed by atoms with Gasteiger partial charge >= 0.3 is 0 Å². The van der Waals surface area contributed by atoms with Crippen LogP contribution in [-0.4, -0.2) is 32.1 Å². The third-order valence-electron chi connectivity index (χ3n) is 3.82. The van der Waals surface area contributed by atoms with Crippen LogP contribution in [0.5, 0.6) is 5.75 Å². The number of nitrogens with one attached hydrogen (secondary N) is 1. The van der Waals surface area contributed by atoms with Gasteiger partial charge in [0.15, 0.2) is 5.75 Å². The summed E-state index contributed by atoms with van der Waals surface area (Å²) >= 11 is 6.16. The zero-order chi connectivity index (χ0) is 18.5. The fourth-order valence-corrected chi connectivity index (χ4v) is 2.78. The molecule has 0 saturated carbocycles. The maximum Gasteiger partial charge on any atom is 0.262 e. The third-order valence-corrected chi connectivity index (χ3v) is 4.12. The highest BCUT2D eigenvalue weighted by Gasteiger charge is 2.27. The van der Waals surface area contributed by atoms with E-state index in [0.29, 0.717) is 28.4 Å². The van der Waals surface area contributed by atoms with E-state index in [1.54, 1.807) is 43.5 Å². The van der Waals surface area contributed by atoms with Crippen LogP contribution in [0.1, 0.15) is 0 Å². The molecule has 0 radical (unpaired) electrons. The molecule has 0 aromatic heterocycles. The number of halogens is 1. The summed E-state index contributed by atoms with van der Waals surface area (Å²) in [5, 5.41) is 4.37. The lowest BCUT2D eigenvalue weighted by Crippen LogP contribution is -2.38. The van der Waals surface area contributed by atoms with E-state index < -0.39 is 17.7 Å². The van der Waals surface area contributed by atoms with Crippen LogP contribution in [0.4, 0.5) is 5.69 Å². The second kappa shape index (κ2) is 8.12. The number of para-hydroxylation sites is 2. The van der Waals surface area contributed by atoms with Crippen molar-refractivity contribution < 1.29 is 19.1 Å². The van der Waals surface area contributed by atoms with E-state index in [2.05, 4.69) is 10.3 Å². The number of fused-ring (bicyclic) bond motifs is 1. The lowest BCUT2D eigenvalue weighted by Gasteiger charge is -2.16. The van der Waals surface area contributed by atoms with Crippen LogP contribution in [0.3, 0.4) is 0 Å². The average molecular weight is 373 g/mol. The highest BCUT2D eigenvalue weighted by molar-refractivity contribution is 6.32. The van der Waals surface area contributed by atoms with Crippen molar-refractivity contribution in [2.45, 2.75) is 0 Å². The number of nitrogens with zero attached hydrogens (tertiary/aromatic N) is 1. The van der Waals surface area contributed by atoms with Crippen LogP contribution < -0.4 is 20.6 Å². The summed E-state index contributed by atoms with van der Waals surface area (Å²) in [5.74, 6) is -1.67. The topological polar surface area (TPSA) is 77.0 Å². The summed E-state index contributed by atoms with van der Waals surface area (Å²) in [6, 6.07) is 12.2. The molecule has 2 aromatic carbocycles. The summed E-state index contributed by atoms with van der Waals surface area (Å²) in [6.07, 6.45) is 1.61. The number of benzene rings is 2. The predicted molar refractivity (Wildman–Crippen MR) is 97.6 cm³/mol. The van der Waals surface area contributed by atoms with Gasteiger partial charge in [0.25, 0.3) is 5.91 Å². The van der Waals surface area contributed by atoms with Crippen LogP contribution in [0.2, 0.25) is 5.02 Å². The molecule has 134 valence electrons. The van der Waals surface area contributed by atoms with Crippen molar-refractivity contribution in [1.82, 2.24) is 0 Å². The van der Waals surface area contributed by atoms with Crippen LogP contribution >= 0.6 is 11.6 Å². The summed E-state index contributed by atoms with van der Waals surface area (Å²) in [6.45, 7) is 0.656. The van der Waals surface area contributed by atoms with Crippen LogP contribution in [0, 0.1) is 5.92 Å². The van der Waals surface area contributed by atoms with Gasteiger partial charge in [0, 0.05) is 7.11 Å². The van der Waals surface area contributed by atoms with Crippen molar-refractivity contribution >= 4 is 35.2 Å². The molecule has 3 rings (SSSR count). The minimum atomic E-state index is -1.00. The molecule has 1 aliphatic rings. The minimum Gasteiger partial charge on any atom is -0.487 e. The SMILES string of the molecule is COCCOc1c(Cl)cccc1NC(=O)C1C=c2ccccc2=NC1=O. The van der Waals surface area contributed by atoms with E-state index in [1.165, 1.54) is 0 Å². The molecular formula is C19H17ClN2O4. The van der Waals surface area contributed by atoms with Gasteiger partial charge in [0.2, 0.25) is 5.91 Å². The first kappa shape index (κ1) is 18.1. The molecule has 26 heavy (non-hydrogen) atoms. The molecule has 1 atom stereocenters. The number of ether oxygens (including phenoxy) is 2. The predicted octanol–water partition coefficient (Wildman–Crippen LogP) is 1.56. The van der Waals surface area contributed by atoms with E-state index in [0.717, 1.165) is 5.22 Å². The van der Waals surface area contributed by atoms with Crippen molar-refractivity contribution in [3.63, 3.8) is 0 Å². The number of carbonyl (C=O) groups is 2. The summed E-state index contributed by atoms with van der Waals surface area (Å²) < 4.78 is 10.5. The Morgan fingerprint density at radius 2 is 2.00 bits per heavy atom. The zero-order valence-corrected chi connectivity index (χ0v) is 14.8. The molecule has 1 aliphatic heterocycles. The molecule has 6 nitrogen and oxygen atoms in total. The van der Waals surface area contributed by atoms with Crippen molar-refractivity contribution in [3.05, 3.63) is 58.1 Å². The van der Waals surface area contributed by atoms with Gasteiger partial charge in [-0.05, 0) is 23.4 Å². The van der Waals surface area contributed by atoms with E-state index in [4.69, 9.17) is 21.1 Å². The Labute approximate surface area is 155 Å². The van der Waals surface area contributed by atoms with E-state index >= 15 is 0 Å². The van der Waals surface area contributed by atoms with Crippen molar-refractivity contribution in [3.8, 4) is 5.75 Å². The van der Waals surface area contributed by atoms with Gasteiger partial charge in [0.05, 0.1) is 22.7 Å². The van der Waals surface area contributed by atoms with Gasteiger partial charge in [0.1, 0.15) is 12.5 Å². The molecule has 0 spiro atoms. The Balaban J connectivity index is 1.83. The van der Waals surface area contributed by atoms with Gasteiger partial charge in [-0.1, -0.05) is 41.9 Å². The summed E-state index contributed by atoms with van der Waals surface area (Å²) in [5.41, 5.74) is 0.388. The van der Waals surface area contributed by atoms with Crippen molar-refractivity contribution in [2.75, 3.05) is 25.6 Å². The molecule has 0 fully saturated rings. The van der Waals surface area contributed by atoms with E-state index in [-0.39, 0.29) is 6.61 Å². The molecule has 2 aromatic rings. The van der Waals surface area contributed by atoms with Crippen molar-refractivity contribution in [1.29, 1.82) is 0 Å². The number of methoxy groups -OCH3 is 1. The summed E-state index contributed by atoms with van der Waals surface area (Å²) in [4.78, 5) is 28.8. The quantitative estimate of drug-likeness (QED) is 0.616. The van der Waals surface area contributed by atoms with Crippen LogP contribution in [0.15, 0.2) is 47.5 Å². The Kier molecular flexibility index (Phi) is 5.65.